The van der Waals surface area contributed by atoms with Gasteiger partial charge in [-0.3, -0.25) is 0 Å². The molecule has 2 nitrogen and oxygen atoms in total. The standard InChI is InChI=1S/C12H12F4O2/c1-2-3-4-8-5-6-9-10(7-8)18-12(15,16)11(13,14)17-9/h5-7H,2-4H2,1H3. The summed E-state index contributed by atoms with van der Waals surface area (Å²) in [6.45, 7) is 1.99. The van der Waals surface area contributed by atoms with Gasteiger partial charge in [0.2, 0.25) is 0 Å². The van der Waals surface area contributed by atoms with E-state index in [0.29, 0.717) is 6.42 Å². The first kappa shape index (κ1) is 13.0. The van der Waals surface area contributed by atoms with Gasteiger partial charge in [0.1, 0.15) is 0 Å². The Labute approximate surface area is 102 Å². The smallest absolute Gasteiger partial charge is 0.421 e. The molecule has 0 amide bonds. The molecule has 100 valence electrons. The summed E-state index contributed by atoms with van der Waals surface area (Å²) >= 11 is 0. The van der Waals surface area contributed by atoms with Crippen LogP contribution in [0.3, 0.4) is 0 Å². The molecule has 1 aliphatic heterocycles. The molecule has 1 aliphatic rings. The number of hydrogen-bond donors (Lipinski definition) is 0. The van der Waals surface area contributed by atoms with Gasteiger partial charge in [-0.1, -0.05) is 19.4 Å². The predicted octanol–water partition coefficient (Wildman–Crippen LogP) is 3.99. The number of benzene rings is 1. The average Bonchev–Trinajstić information content (AvgIpc) is 2.27. The van der Waals surface area contributed by atoms with Gasteiger partial charge in [-0.05, 0) is 30.5 Å². The van der Waals surface area contributed by atoms with Gasteiger partial charge >= 0.3 is 12.2 Å². The zero-order chi connectivity index (χ0) is 13.4. The molecule has 0 radical (unpaired) electrons. The lowest BCUT2D eigenvalue weighted by Gasteiger charge is -2.31. The maximum Gasteiger partial charge on any atom is 0.507 e. The summed E-state index contributed by atoms with van der Waals surface area (Å²) in [7, 11) is 0. The number of hydrogen-bond acceptors (Lipinski definition) is 2. The number of aryl methyl sites for hydroxylation is 1. The van der Waals surface area contributed by atoms with E-state index < -0.39 is 12.2 Å². The van der Waals surface area contributed by atoms with E-state index in [1.165, 1.54) is 12.1 Å². The summed E-state index contributed by atoms with van der Waals surface area (Å²) in [6.07, 6.45) is -6.79. The molecule has 0 fully saturated rings. The van der Waals surface area contributed by atoms with Gasteiger partial charge in [0.25, 0.3) is 0 Å². The van der Waals surface area contributed by atoms with Crippen LogP contribution in [0, 0.1) is 0 Å². The first-order valence-electron chi connectivity index (χ1n) is 5.62. The Morgan fingerprint density at radius 2 is 1.61 bits per heavy atom. The van der Waals surface area contributed by atoms with Gasteiger partial charge in [-0.15, -0.1) is 0 Å². The molecule has 0 spiro atoms. The fraction of sp³-hybridized carbons (Fsp3) is 0.500. The van der Waals surface area contributed by atoms with E-state index >= 15 is 0 Å². The van der Waals surface area contributed by atoms with Crippen LogP contribution in [0.1, 0.15) is 25.3 Å². The van der Waals surface area contributed by atoms with Crippen molar-refractivity contribution in [3.05, 3.63) is 23.8 Å². The topological polar surface area (TPSA) is 18.5 Å². The number of ether oxygens (including phenoxy) is 2. The highest BCUT2D eigenvalue weighted by atomic mass is 19.3. The van der Waals surface area contributed by atoms with Gasteiger partial charge < -0.3 is 9.47 Å². The molecular weight excluding hydrogens is 252 g/mol. The molecule has 1 heterocycles. The van der Waals surface area contributed by atoms with Gasteiger partial charge in [0.05, 0.1) is 0 Å². The molecule has 1 aromatic rings. The van der Waals surface area contributed by atoms with E-state index in [1.807, 2.05) is 6.92 Å². The van der Waals surface area contributed by atoms with Crippen molar-refractivity contribution in [2.45, 2.75) is 38.4 Å². The Morgan fingerprint density at radius 3 is 2.22 bits per heavy atom. The van der Waals surface area contributed by atoms with Crippen LogP contribution in [0.4, 0.5) is 17.6 Å². The zero-order valence-electron chi connectivity index (χ0n) is 9.68. The minimum Gasteiger partial charge on any atom is -0.421 e. The van der Waals surface area contributed by atoms with Crippen LogP contribution >= 0.6 is 0 Å². The third-order valence-electron chi connectivity index (χ3n) is 2.64. The van der Waals surface area contributed by atoms with Crippen LogP contribution in [0.15, 0.2) is 18.2 Å². The quantitative estimate of drug-likeness (QED) is 0.768. The third kappa shape index (κ3) is 2.23. The molecule has 0 saturated heterocycles. The zero-order valence-corrected chi connectivity index (χ0v) is 9.68. The second kappa shape index (κ2) is 4.33. The fourth-order valence-corrected chi connectivity index (χ4v) is 1.65. The van der Waals surface area contributed by atoms with Crippen molar-refractivity contribution in [2.24, 2.45) is 0 Å². The third-order valence-corrected chi connectivity index (χ3v) is 2.64. The van der Waals surface area contributed by atoms with Gasteiger partial charge in [0, 0.05) is 0 Å². The Hall–Kier alpha value is -1.46. The summed E-state index contributed by atoms with van der Waals surface area (Å²) < 4.78 is 59.7. The first-order chi connectivity index (χ1) is 8.36. The molecule has 1 aromatic carbocycles. The summed E-state index contributed by atoms with van der Waals surface area (Å²) in [4.78, 5) is 0. The highest BCUT2D eigenvalue weighted by Crippen LogP contribution is 2.47. The number of unbranched alkanes of at least 4 members (excludes halogenated alkanes) is 1. The van der Waals surface area contributed by atoms with E-state index in [2.05, 4.69) is 9.47 Å². The van der Waals surface area contributed by atoms with Crippen LogP contribution in [0.25, 0.3) is 0 Å². The van der Waals surface area contributed by atoms with Crippen LogP contribution in [0.2, 0.25) is 0 Å². The van der Waals surface area contributed by atoms with E-state index in [0.717, 1.165) is 18.4 Å². The number of fused-ring (bicyclic) bond motifs is 1. The van der Waals surface area contributed by atoms with Crippen molar-refractivity contribution in [2.75, 3.05) is 0 Å². The molecule has 0 atom stereocenters. The molecule has 0 N–H and O–H groups in total. The second-order valence-corrected chi connectivity index (χ2v) is 4.12. The lowest BCUT2D eigenvalue weighted by atomic mass is 10.1. The van der Waals surface area contributed by atoms with Crippen molar-refractivity contribution in [3.63, 3.8) is 0 Å². The van der Waals surface area contributed by atoms with Crippen LogP contribution < -0.4 is 9.47 Å². The van der Waals surface area contributed by atoms with Crippen LogP contribution in [-0.2, 0) is 6.42 Å². The SMILES string of the molecule is CCCCc1ccc2c(c1)OC(F)(F)C(F)(F)O2. The maximum absolute atomic E-state index is 12.9. The first-order valence-corrected chi connectivity index (χ1v) is 5.62. The molecule has 0 bridgehead atoms. The highest BCUT2D eigenvalue weighted by Gasteiger charge is 2.65. The second-order valence-electron chi connectivity index (χ2n) is 4.12. The fourth-order valence-electron chi connectivity index (χ4n) is 1.65. The van der Waals surface area contributed by atoms with Crippen LogP contribution in [0.5, 0.6) is 11.5 Å². The minimum atomic E-state index is -4.65. The molecule has 0 unspecified atom stereocenters. The Bertz CT molecular complexity index is 446. The van der Waals surface area contributed by atoms with Crippen molar-refractivity contribution in [3.8, 4) is 11.5 Å². The van der Waals surface area contributed by atoms with Gasteiger partial charge in [-0.25, -0.2) is 0 Å². The highest BCUT2D eigenvalue weighted by molar-refractivity contribution is 5.44. The van der Waals surface area contributed by atoms with E-state index in [4.69, 9.17) is 0 Å². The Balaban J connectivity index is 2.27. The Morgan fingerprint density at radius 1 is 1.00 bits per heavy atom. The maximum atomic E-state index is 12.9. The van der Waals surface area contributed by atoms with E-state index in [9.17, 15) is 17.6 Å². The Kier molecular flexibility index (Phi) is 3.12. The summed E-state index contributed by atoms with van der Waals surface area (Å²) in [5.41, 5.74) is 0.750. The molecule has 0 aromatic heterocycles. The van der Waals surface area contributed by atoms with E-state index in [-0.39, 0.29) is 11.5 Å². The molecule has 0 saturated carbocycles. The normalized spacial score (nSPS) is 19.6. The number of alkyl halides is 4. The lowest BCUT2D eigenvalue weighted by molar-refractivity contribution is -0.391. The summed E-state index contributed by atoms with van der Waals surface area (Å²) in [5.74, 6) is -0.717. The summed E-state index contributed by atoms with van der Waals surface area (Å²) in [5, 5.41) is 0. The molecule has 6 heteroatoms. The minimum absolute atomic E-state index is 0.348. The average molecular weight is 264 g/mol. The van der Waals surface area contributed by atoms with Crippen LogP contribution in [-0.4, -0.2) is 12.2 Å². The molecular formula is C12H12F4O2. The monoisotopic (exact) mass is 264 g/mol. The lowest BCUT2D eigenvalue weighted by Crippen LogP contribution is -2.52. The van der Waals surface area contributed by atoms with Crippen molar-refractivity contribution >= 4 is 0 Å². The van der Waals surface area contributed by atoms with Crippen molar-refractivity contribution in [1.29, 1.82) is 0 Å². The molecule has 0 aliphatic carbocycles. The molecule has 2 rings (SSSR count). The number of halogens is 4. The van der Waals surface area contributed by atoms with E-state index in [1.54, 1.807) is 6.07 Å². The van der Waals surface area contributed by atoms with Crippen molar-refractivity contribution in [1.82, 2.24) is 0 Å². The van der Waals surface area contributed by atoms with Gasteiger partial charge in [-0.2, -0.15) is 17.6 Å². The van der Waals surface area contributed by atoms with Crippen molar-refractivity contribution < 1.29 is 27.0 Å². The summed E-state index contributed by atoms with van der Waals surface area (Å²) in [6, 6.07) is 4.11. The largest absolute Gasteiger partial charge is 0.507 e. The molecule has 18 heavy (non-hydrogen) atoms. The number of rotatable bonds is 3. The predicted molar refractivity (Wildman–Crippen MR) is 56.2 cm³/mol. The van der Waals surface area contributed by atoms with Gasteiger partial charge in [0.15, 0.2) is 11.5 Å².